The Morgan fingerprint density at radius 3 is 2.46 bits per heavy atom. The number of nitrogens with zero attached hydrogens (tertiary/aromatic N) is 2. The molecule has 0 bridgehead atoms. The van der Waals surface area contributed by atoms with Crippen LogP contribution in [-0.2, 0) is 15.0 Å². The number of oxime groups is 1. The number of pyridine rings is 1. The molecule has 1 atom stereocenters. The van der Waals surface area contributed by atoms with E-state index in [4.69, 9.17) is 9.98 Å². The Labute approximate surface area is 204 Å². The standard InChI is InChI=1S/C25H30FN5O3S/c1-16(25(30-34-2)29-20-8-10-21(11-9-20)31-35(27,32)33)17-3-5-18(6-4-17)22-13-14-28-24-12-7-19(26)15-23(22)24/h7-18,31H,3-6H2,1-2H3,(H,29,30)(H2,27,32,33). The van der Waals surface area contributed by atoms with Gasteiger partial charge in [-0.1, -0.05) is 12.1 Å². The number of aromatic nitrogens is 1. The van der Waals surface area contributed by atoms with Gasteiger partial charge in [-0.25, -0.2) is 9.53 Å². The number of hydrogen-bond donors (Lipinski definition) is 3. The fourth-order valence-corrected chi connectivity index (χ4v) is 5.37. The highest BCUT2D eigenvalue weighted by Gasteiger charge is 2.30. The van der Waals surface area contributed by atoms with Crippen LogP contribution in [0.5, 0.6) is 0 Å². The van der Waals surface area contributed by atoms with Crippen molar-refractivity contribution < 1.29 is 17.6 Å². The molecule has 0 amide bonds. The van der Waals surface area contributed by atoms with E-state index in [1.54, 1.807) is 42.6 Å². The second-order valence-corrected chi connectivity index (χ2v) is 10.3. The molecule has 0 saturated heterocycles. The molecule has 8 nitrogen and oxygen atoms in total. The minimum Gasteiger partial charge on any atom is -0.398 e. The fraction of sp³-hybridized carbons (Fsp3) is 0.360. The molecule has 4 N–H and O–H groups in total. The topological polar surface area (TPSA) is 119 Å². The van der Waals surface area contributed by atoms with Crippen molar-refractivity contribution in [3.63, 3.8) is 0 Å². The van der Waals surface area contributed by atoms with Crippen LogP contribution in [0, 0.1) is 17.7 Å². The SMILES string of the molecule is CO/N=C(\Nc1ccc(NS(N)(=O)=O)cc1)C(C)C1CCC(c2ccnc3ccc(F)cc23)CC1. The number of hydrogen-bond acceptors (Lipinski definition) is 5. The maximum Gasteiger partial charge on any atom is 0.296 e. The van der Waals surface area contributed by atoms with Gasteiger partial charge in [-0.3, -0.25) is 9.71 Å². The molecule has 1 unspecified atom stereocenters. The van der Waals surface area contributed by atoms with Gasteiger partial charge in [-0.05, 0) is 91.6 Å². The lowest BCUT2D eigenvalue weighted by molar-refractivity contribution is 0.206. The Kier molecular flexibility index (Phi) is 7.51. The quantitative estimate of drug-likeness (QED) is 0.241. The van der Waals surface area contributed by atoms with Crippen molar-refractivity contribution in [1.29, 1.82) is 0 Å². The van der Waals surface area contributed by atoms with Gasteiger partial charge in [0.1, 0.15) is 18.8 Å². The highest BCUT2D eigenvalue weighted by atomic mass is 32.2. The lowest BCUT2D eigenvalue weighted by atomic mass is 9.73. The Morgan fingerprint density at radius 2 is 1.80 bits per heavy atom. The summed E-state index contributed by atoms with van der Waals surface area (Å²) in [6, 6.07) is 13.5. The number of nitrogens with two attached hydrogens (primary N) is 1. The van der Waals surface area contributed by atoms with Crippen molar-refractivity contribution in [1.82, 2.24) is 4.98 Å². The largest absolute Gasteiger partial charge is 0.398 e. The van der Waals surface area contributed by atoms with Crippen LogP contribution in [-0.4, -0.2) is 26.3 Å². The first kappa shape index (κ1) is 24.9. The van der Waals surface area contributed by atoms with Gasteiger partial charge in [0.15, 0.2) is 0 Å². The van der Waals surface area contributed by atoms with Crippen LogP contribution < -0.4 is 15.2 Å². The predicted octanol–water partition coefficient (Wildman–Crippen LogP) is 4.97. The van der Waals surface area contributed by atoms with Gasteiger partial charge in [0, 0.05) is 28.9 Å². The van der Waals surface area contributed by atoms with Crippen LogP contribution in [0.4, 0.5) is 15.8 Å². The van der Waals surface area contributed by atoms with E-state index in [1.165, 1.54) is 13.2 Å². The molecule has 0 aliphatic heterocycles. The highest BCUT2D eigenvalue weighted by molar-refractivity contribution is 7.90. The summed E-state index contributed by atoms with van der Waals surface area (Å²) in [5.41, 5.74) is 3.12. The summed E-state index contributed by atoms with van der Waals surface area (Å²) in [6.45, 7) is 2.13. The number of halogens is 1. The Hall–Kier alpha value is -3.24. The first-order valence-electron chi connectivity index (χ1n) is 11.6. The molecule has 0 radical (unpaired) electrons. The lowest BCUT2D eigenvalue weighted by Crippen LogP contribution is -2.30. The maximum absolute atomic E-state index is 13.9. The summed E-state index contributed by atoms with van der Waals surface area (Å²) in [5, 5.41) is 13.5. The first-order chi connectivity index (χ1) is 16.7. The zero-order valence-corrected chi connectivity index (χ0v) is 20.6. The summed E-state index contributed by atoms with van der Waals surface area (Å²) < 4.78 is 38.5. The van der Waals surface area contributed by atoms with Crippen LogP contribution in [0.15, 0.2) is 59.9 Å². The molecule has 4 rings (SSSR count). The van der Waals surface area contributed by atoms with Gasteiger partial charge in [-0.2, -0.15) is 8.42 Å². The molecule has 35 heavy (non-hydrogen) atoms. The first-order valence-corrected chi connectivity index (χ1v) is 13.1. The molecule has 3 aromatic rings. The third-order valence-corrected chi connectivity index (χ3v) is 7.21. The third-order valence-electron chi connectivity index (χ3n) is 6.69. The summed E-state index contributed by atoms with van der Waals surface area (Å²) in [5.74, 6) is 1.35. The molecule has 1 fully saturated rings. The second-order valence-electron chi connectivity index (χ2n) is 8.97. The van der Waals surface area contributed by atoms with Crippen LogP contribution in [0.3, 0.4) is 0 Å². The molecule has 2 aromatic carbocycles. The predicted molar refractivity (Wildman–Crippen MR) is 137 cm³/mol. The summed E-state index contributed by atoms with van der Waals surface area (Å²) in [6.07, 6.45) is 5.82. The Balaban J connectivity index is 1.42. The number of nitrogens with one attached hydrogen (secondary N) is 2. The normalized spacial score (nSPS) is 19.8. The third kappa shape index (κ3) is 6.26. The van der Waals surface area contributed by atoms with Gasteiger partial charge in [0.2, 0.25) is 0 Å². The molecule has 10 heteroatoms. The zero-order valence-electron chi connectivity index (χ0n) is 19.7. The molecule has 186 valence electrons. The van der Waals surface area contributed by atoms with E-state index in [0.717, 1.165) is 47.8 Å². The number of benzene rings is 2. The van der Waals surface area contributed by atoms with Crippen molar-refractivity contribution >= 4 is 38.3 Å². The van der Waals surface area contributed by atoms with E-state index in [9.17, 15) is 12.8 Å². The number of anilines is 2. The van der Waals surface area contributed by atoms with E-state index in [-0.39, 0.29) is 11.7 Å². The van der Waals surface area contributed by atoms with Crippen LogP contribution in [0.25, 0.3) is 10.9 Å². The van der Waals surface area contributed by atoms with Gasteiger partial charge in [0.05, 0.1) is 5.52 Å². The number of amidine groups is 1. The van der Waals surface area contributed by atoms with Gasteiger partial charge in [-0.15, -0.1) is 0 Å². The molecular weight excluding hydrogens is 469 g/mol. The lowest BCUT2D eigenvalue weighted by Gasteiger charge is -2.33. The Morgan fingerprint density at radius 1 is 1.11 bits per heavy atom. The van der Waals surface area contributed by atoms with E-state index in [1.807, 2.05) is 6.07 Å². The fourth-order valence-electron chi connectivity index (χ4n) is 4.90. The van der Waals surface area contributed by atoms with E-state index >= 15 is 0 Å². The van der Waals surface area contributed by atoms with Crippen LogP contribution in [0.1, 0.15) is 44.1 Å². The molecule has 0 spiro atoms. The van der Waals surface area contributed by atoms with Crippen LogP contribution in [0.2, 0.25) is 0 Å². The minimum atomic E-state index is -3.82. The highest BCUT2D eigenvalue weighted by Crippen LogP contribution is 2.41. The molecule has 1 aliphatic rings. The smallest absolute Gasteiger partial charge is 0.296 e. The molecular formula is C25H30FN5O3S. The number of fused-ring (bicyclic) bond motifs is 1. The van der Waals surface area contributed by atoms with Crippen molar-refractivity contribution in [3.8, 4) is 0 Å². The summed E-state index contributed by atoms with van der Waals surface area (Å²) in [4.78, 5) is 9.49. The second kappa shape index (κ2) is 10.6. The molecule has 1 heterocycles. The van der Waals surface area contributed by atoms with Crippen molar-refractivity contribution in [3.05, 3.63) is 66.1 Å². The summed E-state index contributed by atoms with van der Waals surface area (Å²) >= 11 is 0. The van der Waals surface area contributed by atoms with Gasteiger partial charge in [0.25, 0.3) is 10.2 Å². The average molecular weight is 500 g/mol. The van der Waals surface area contributed by atoms with Gasteiger partial charge < -0.3 is 10.2 Å². The van der Waals surface area contributed by atoms with E-state index in [0.29, 0.717) is 23.4 Å². The van der Waals surface area contributed by atoms with E-state index < -0.39 is 10.2 Å². The maximum atomic E-state index is 13.9. The molecule has 1 aliphatic carbocycles. The zero-order chi connectivity index (χ0) is 25.0. The van der Waals surface area contributed by atoms with Crippen molar-refractivity contribution in [2.24, 2.45) is 22.1 Å². The van der Waals surface area contributed by atoms with E-state index in [2.05, 4.69) is 27.1 Å². The van der Waals surface area contributed by atoms with Crippen molar-refractivity contribution in [2.45, 2.75) is 38.5 Å². The molecule has 1 saturated carbocycles. The molecule has 1 aromatic heterocycles. The monoisotopic (exact) mass is 499 g/mol. The summed E-state index contributed by atoms with van der Waals surface area (Å²) in [7, 11) is -2.31. The van der Waals surface area contributed by atoms with Gasteiger partial charge >= 0.3 is 0 Å². The van der Waals surface area contributed by atoms with Crippen molar-refractivity contribution in [2.75, 3.05) is 17.1 Å². The van der Waals surface area contributed by atoms with Crippen LogP contribution >= 0.6 is 0 Å². The minimum absolute atomic E-state index is 0.116. The average Bonchev–Trinajstić information content (AvgIpc) is 2.83. The number of rotatable bonds is 7. The Bertz CT molecular complexity index is 1310.